The Labute approximate surface area is 119 Å². The van der Waals surface area contributed by atoms with Gasteiger partial charge in [0.1, 0.15) is 0 Å². The monoisotopic (exact) mass is 287 g/mol. The Bertz CT molecular complexity index is 343. The molecule has 0 spiro atoms. The maximum absolute atomic E-state index is 11.4. The third kappa shape index (κ3) is 8.34. The number of amides is 3. The van der Waals surface area contributed by atoms with Crippen molar-refractivity contribution in [2.45, 2.75) is 40.2 Å². The van der Waals surface area contributed by atoms with Crippen LogP contribution in [0.25, 0.3) is 0 Å². The van der Waals surface area contributed by atoms with Gasteiger partial charge in [0.25, 0.3) is 0 Å². The molecule has 3 amide bonds. The molecular weight excluding hydrogens is 262 g/mol. The average Bonchev–Trinajstić information content (AvgIpc) is 2.26. The van der Waals surface area contributed by atoms with Gasteiger partial charge in [-0.25, -0.2) is 4.79 Å². The van der Waals surface area contributed by atoms with Crippen molar-refractivity contribution in [2.24, 2.45) is 11.8 Å². The topological polar surface area (TPSA) is 108 Å². The first-order valence-corrected chi connectivity index (χ1v) is 6.77. The molecule has 0 aliphatic heterocycles. The number of carboxylic acids is 1. The van der Waals surface area contributed by atoms with Crippen LogP contribution in [0.3, 0.4) is 0 Å². The summed E-state index contributed by atoms with van der Waals surface area (Å²) < 4.78 is 0. The number of carboxylic acid groups (broad SMARTS) is 1. The lowest BCUT2D eigenvalue weighted by Crippen LogP contribution is -2.42. The van der Waals surface area contributed by atoms with Gasteiger partial charge in [0.15, 0.2) is 0 Å². The van der Waals surface area contributed by atoms with Gasteiger partial charge in [0, 0.05) is 25.6 Å². The molecule has 4 N–H and O–H groups in total. The highest BCUT2D eigenvalue weighted by Gasteiger charge is 2.21. The number of carbonyl (C=O) groups excluding carboxylic acids is 2. The van der Waals surface area contributed by atoms with Crippen molar-refractivity contribution >= 4 is 17.9 Å². The lowest BCUT2D eigenvalue weighted by Gasteiger charge is -2.17. The summed E-state index contributed by atoms with van der Waals surface area (Å²) in [6, 6.07) is -0.395. The van der Waals surface area contributed by atoms with Crippen LogP contribution in [-0.4, -0.2) is 42.1 Å². The first-order chi connectivity index (χ1) is 9.23. The zero-order chi connectivity index (χ0) is 15.7. The summed E-state index contributed by atoms with van der Waals surface area (Å²) in [5.74, 6) is -1.75. The van der Waals surface area contributed by atoms with Gasteiger partial charge in [-0.2, -0.15) is 0 Å². The predicted octanol–water partition coefficient (Wildman–Crippen LogP) is 0.557. The van der Waals surface area contributed by atoms with Gasteiger partial charge >= 0.3 is 12.0 Å². The molecule has 0 aromatic rings. The maximum Gasteiger partial charge on any atom is 0.314 e. The Morgan fingerprint density at radius 2 is 1.65 bits per heavy atom. The largest absolute Gasteiger partial charge is 0.481 e. The van der Waals surface area contributed by atoms with Gasteiger partial charge in [-0.15, -0.1) is 0 Å². The molecule has 0 saturated carbocycles. The van der Waals surface area contributed by atoms with E-state index in [1.54, 1.807) is 13.8 Å². The standard InChI is InChI=1S/C13H25N3O4/c1-8(2)10(12(18)19)7-15-13(20)14-6-5-11(17)16-9(3)4/h8-10H,5-7H2,1-4H3,(H,16,17)(H,18,19)(H2,14,15,20). The summed E-state index contributed by atoms with van der Waals surface area (Å²) in [5, 5.41) is 16.7. The van der Waals surface area contributed by atoms with Gasteiger partial charge in [0.2, 0.25) is 5.91 Å². The molecule has 0 fully saturated rings. The van der Waals surface area contributed by atoms with E-state index in [2.05, 4.69) is 16.0 Å². The van der Waals surface area contributed by atoms with Crippen LogP contribution in [0.5, 0.6) is 0 Å². The fraction of sp³-hybridized carbons (Fsp3) is 0.769. The molecule has 1 atom stereocenters. The number of urea groups is 1. The summed E-state index contributed by atoms with van der Waals surface area (Å²) in [6.45, 7) is 7.57. The van der Waals surface area contributed by atoms with Crippen LogP contribution in [0.4, 0.5) is 4.79 Å². The van der Waals surface area contributed by atoms with E-state index in [-0.39, 0.29) is 37.4 Å². The average molecular weight is 287 g/mol. The molecule has 1 unspecified atom stereocenters. The molecule has 7 nitrogen and oxygen atoms in total. The first-order valence-electron chi connectivity index (χ1n) is 6.77. The van der Waals surface area contributed by atoms with Crippen molar-refractivity contribution in [1.82, 2.24) is 16.0 Å². The lowest BCUT2D eigenvalue weighted by atomic mass is 9.96. The van der Waals surface area contributed by atoms with Gasteiger partial charge in [-0.3, -0.25) is 9.59 Å². The van der Waals surface area contributed by atoms with Crippen molar-refractivity contribution in [1.29, 1.82) is 0 Å². The van der Waals surface area contributed by atoms with E-state index in [1.165, 1.54) is 0 Å². The molecule has 0 radical (unpaired) electrons. The van der Waals surface area contributed by atoms with E-state index in [0.717, 1.165) is 0 Å². The normalized spacial score (nSPS) is 12.1. The third-order valence-corrected chi connectivity index (χ3v) is 2.69. The van der Waals surface area contributed by atoms with Gasteiger partial charge < -0.3 is 21.1 Å². The van der Waals surface area contributed by atoms with E-state index in [1.807, 2.05) is 13.8 Å². The molecule has 0 aromatic carbocycles. The fourth-order valence-corrected chi connectivity index (χ4v) is 1.56. The number of nitrogens with one attached hydrogen (secondary N) is 3. The second-order valence-electron chi connectivity index (χ2n) is 5.30. The number of carbonyl (C=O) groups is 3. The zero-order valence-corrected chi connectivity index (χ0v) is 12.5. The first kappa shape index (κ1) is 18.2. The minimum atomic E-state index is -0.934. The molecule has 0 aliphatic carbocycles. The molecule has 0 aromatic heterocycles. The second kappa shape index (κ2) is 9.17. The minimum absolute atomic E-state index is 0.0652. The van der Waals surface area contributed by atoms with Crippen LogP contribution < -0.4 is 16.0 Å². The summed E-state index contributed by atoms with van der Waals surface area (Å²) in [7, 11) is 0. The highest BCUT2D eigenvalue weighted by molar-refractivity contribution is 5.78. The quantitative estimate of drug-likeness (QED) is 0.523. The highest BCUT2D eigenvalue weighted by Crippen LogP contribution is 2.09. The summed E-state index contributed by atoms with van der Waals surface area (Å²) in [4.78, 5) is 33.7. The van der Waals surface area contributed by atoms with Gasteiger partial charge in [-0.1, -0.05) is 13.8 Å². The fourth-order valence-electron chi connectivity index (χ4n) is 1.56. The Morgan fingerprint density at radius 3 is 2.10 bits per heavy atom. The van der Waals surface area contributed by atoms with E-state index < -0.39 is 17.9 Å². The van der Waals surface area contributed by atoms with Crippen molar-refractivity contribution in [2.75, 3.05) is 13.1 Å². The van der Waals surface area contributed by atoms with Crippen molar-refractivity contribution < 1.29 is 19.5 Å². The molecule has 116 valence electrons. The Balaban J connectivity index is 3.89. The molecule has 0 heterocycles. The van der Waals surface area contributed by atoms with Crippen LogP contribution >= 0.6 is 0 Å². The van der Waals surface area contributed by atoms with Crippen LogP contribution in [0.15, 0.2) is 0 Å². The molecule has 0 rings (SSSR count). The van der Waals surface area contributed by atoms with Crippen LogP contribution in [-0.2, 0) is 9.59 Å². The van der Waals surface area contributed by atoms with Crippen molar-refractivity contribution in [3.63, 3.8) is 0 Å². The molecule has 20 heavy (non-hydrogen) atoms. The number of aliphatic carboxylic acids is 1. The molecule has 0 aliphatic rings. The summed E-state index contributed by atoms with van der Waals surface area (Å²) in [5.41, 5.74) is 0. The number of rotatable bonds is 8. The number of hydrogen-bond acceptors (Lipinski definition) is 3. The zero-order valence-electron chi connectivity index (χ0n) is 12.5. The van der Waals surface area contributed by atoms with E-state index in [9.17, 15) is 14.4 Å². The van der Waals surface area contributed by atoms with E-state index >= 15 is 0 Å². The van der Waals surface area contributed by atoms with E-state index in [4.69, 9.17) is 5.11 Å². The van der Waals surface area contributed by atoms with Gasteiger partial charge in [-0.05, 0) is 19.8 Å². The smallest absolute Gasteiger partial charge is 0.314 e. The van der Waals surface area contributed by atoms with Crippen LogP contribution in [0, 0.1) is 11.8 Å². The lowest BCUT2D eigenvalue weighted by molar-refractivity contribution is -0.143. The van der Waals surface area contributed by atoms with Gasteiger partial charge in [0.05, 0.1) is 5.92 Å². The SMILES string of the molecule is CC(C)NC(=O)CCNC(=O)NCC(C(=O)O)C(C)C. The van der Waals surface area contributed by atoms with Crippen molar-refractivity contribution in [3.8, 4) is 0 Å². The third-order valence-electron chi connectivity index (χ3n) is 2.69. The summed E-state index contributed by atoms with van der Waals surface area (Å²) in [6.07, 6.45) is 0.193. The second-order valence-corrected chi connectivity index (χ2v) is 5.30. The molecule has 0 saturated heterocycles. The summed E-state index contributed by atoms with van der Waals surface area (Å²) >= 11 is 0. The van der Waals surface area contributed by atoms with Crippen LogP contribution in [0.1, 0.15) is 34.1 Å². The molecule has 7 heteroatoms. The molecule has 0 bridgehead atoms. The minimum Gasteiger partial charge on any atom is -0.481 e. The van der Waals surface area contributed by atoms with E-state index in [0.29, 0.717) is 0 Å². The number of hydrogen-bond donors (Lipinski definition) is 4. The molecular formula is C13H25N3O4. The predicted molar refractivity (Wildman–Crippen MR) is 75.3 cm³/mol. The maximum atomic E-state index is 11.4. The van der Waals surface area contributed by atoms with Crippen molar-refractivity contribution in [3.05, 3.63) is 0 Å². The Morgan fingerprint density at radius 1 is 1.05 bits per heavy atom. The van der Waals surface area contributed by atoms with Crippen LogP contribution in [0.2, 0.25) is 0 Å². The Kier molecular flexibility index (Phi) is 8.35. The Hall–Kier alpha value is -1.79. The highest BCUT2D eigenvalue weighted by atomic mass is 16.4.